The summed E-state index contributed by atoms with van der Waals surface area (Å²) in [5.41, 5.74) is 0.400. The van der Waals surface area contributed by atoms with Gasteiger partial charge in [0.15, 0.2) is 0 Å². The average molecular weight is 239 g/mol. The van der Waals surface area contributed by atoms with Gasteiger partial charge in [-0.15, -0.1) is 0 Å². The number of nitrogens with one attached hydrogen (secondary N) is 1. The van der Waals surface area contributed by atoms with Gasteiger partial charge in [0, 0.05) is 5.69 Å². The van der Waals surface area contributed by atoms with Crippen molar-refractivity contribution in [2.45, 2.75) is 33.2 Å². The first kappa shape index (κ1) is 13.5. The lowest BCUT2D eigenvalue weighted by molar-refractivity contribution is -0.147. The number of anilines is 1. The lowest BCUT2D eigenvalue weighted by atomic mass is 10.0. The van der Waals surface area contributed by atoms with E-state index in [0.29, 0.717) is 17.9 Å². The van der Waals surface area contributed by atoms with Gasteiger partial charge in [0.1, 0.15) is 11.4 Å². The van der Waals surface area contributed by atoms with Crippen LogP contribution in [0.1, 0.15) is 26.3 Å². The highest BCUT2D eigenvalue weighted by Crippen LogP contribution is 2.19. The maximum atomic E-state index is 13.1. The minimum absolute atomic E-state index is 0.260. The molecule has 4 heteroatoms. The Morgan fingerprint density at radius 2 is 2.12 bits per heavy atom. The molecule has 0 aromatic heterocycles. The van der Waals surface area contributed by atoms with Crippen molar-refractivity contribution in [2.24, 2.45) is 0 Å². The number of esters is 1. The maximum absolute atomic E-state index is 13.1. The molecule has 0 saturated carbocycles. The van der Waals surface area contributed by atoms with Crippen molar-refractivity contribution < 1.29 is 13.9 Å². The fourth-order valence-corrected chi connectivity index (χ4v) is 1.45. The summed E-state index contributed by atoms with van der Waals surface area (Å²) in [4.78, 5) is 11.7. The molecule has 1 aromatic carbocycles. The van der Waals surface area contributed by atoms with E-state index in [-0.39, 0.29) is 11.8 Å². The first-order valence-corrected chi connectivity index (χ1v) is 5.58. The Kier molecular flexibility index (Phi) is 4.10. The number of benzene rings is 1. The van der Waals surface area contributed by atoms with Crippen molar-refractivity contribution in [3.05, 3.63) is 29.6 Å². The van der Waals surface area contributed by atoms with Gasteiger partial charge in [0.2, 0.25) is 0 Å². The number of carbonyl (C=O) groups is 1. The molecule has 1 N–H and O–H groups in total. The maximum Gasteiger partial charge on any atom is 0.331 e. The molecule has 0 unspecified atom stereocenters. The number of hydrogen-bond acceptors (Lipinski definition) is 3. The SMILES string of the molecule is CCOC(=O)C(C)(C)Nc1ccc(F)c(C)c1. The van der Waals surface area contributed by atoms with E-state index in [9.17, 15) is 9.18 Å². The Hall–Kier alpha value is -1.58. The molecule has 3 nitrogen and oxygen atoms in total. The summed E-state index contributed by atoms with van der Waals surface area (Å²) in [5.74, 6) is -0.591. The molecule has 1 rings (SSSR count). The highest BCUT2D eigenvalue weighted by molar-refractivity contribution is 5.83. The van der Waals surface area contributed by atoms with Gasteiger partial charge in [0.25, 0.3) is 0 Å². The minimum atomic E-state index is -0.833. The van der Waals surface area contributed by atoms with E-state index >= 15 is 0 Å². The molecular weight excluding hydrogens is 221 g/mol. The number of rotatable bonds is 4. The Morgan fingerprint density at radius 3 is 2.65 bits per heavy atom. The fourth-order valence-electron chi connectivity index (χ4n) is 1.45. The number of carbonyl (C=O) groups excluding carboxylic acids is 1. The van der Waals surface area contributed by atoms with Gasteiger partial charge in [-0.1, -0.05) is 0 Å². The van der Waals surface area contributed by atoms with Crippen LogP contribution >= 0.6 is 0 Å². The molecule has 0 aliphatic heterocycles. The van der Waals surface area contributed by atoms with Crippen molar-refractivity contribution in [1.29, 1.82) is 0 Å². The van der Waals surface area contributed by atoms with E-state index in [4.69, 9.17) is 4.74 Å². The van der Waals surface area contributed by atoms with E-state index in [1.54, 1.807) is 39.8 Å². The minimum Gasteiger partial charge on any atom is -0.464 e. The Labute approximate surface area is 101 Å². The van der Waals surface area contributed by atoms with E-state index < -0.39 is 5.54 Å². The summed E-state index contributed by atoms with van der Waals surface area (Å²) in [5, 5.41) is 3.03. The normalized spacial score (nSPS) is 11.1. The zero-order valence-corrected chi connectivity index (χ0v) is 10.6. The van der Waals surface area contributed by atoms with Crippen LogP contribution < -0.4 is 5.32 Å². The smallest absolute Gasteiger partial charge is 0.331 e. The van der Waals surface area contributed by atoms with Gasteiger partial charge < -0.3 is 10.1 Å². The van der Waals surface area contributed by atoms with Crippen molar-refractivity contribution >= 4 is 11.7 Å². The van der Waals surface area contributed by atoms with Gasteiger partial charge in [-0.3, -0.25) is 0 Å². The molecule has 17 heavy (non-hydrogen) atoms. The van der Waals surface area contributed by atoms with Gasteiger partial charge in [0.05, 0.1) is 6.61 Å². The molecule has 0 spiro atoms. The van der Waals surface area contributed by atoms with E-state index in [0.717, 1.165) is 0 Å². The van der Waals surface area contributed by atoms with Crippen molar-refractivity contribution in [2.75, 3.05) is 11.9 Å². The lowest BCUT2D eigenvalue weighted by Gasteiger charge is -2.25. The largest absolute Gasteiger partial charge is 0.464 e. The highest BCUT2D eigenvalue weighted by Gasteiger charge is 2.28. The summed E-state index contributed by atoms with van der Waals surface area (Å²) in [6.45, 7) is 7.23. The van der Waals surface area contributed by atoms with Crippen molar-refractivity contribution in [3.8, 4) is 0 Å². The third-order valence-electron chi connectivity index (χ3n) is 2.40. The second kappa shape index (κ2) is 5.17. The number of aryl methyl sites for hydroxylation is 1. The van der Waals surface area contributed by atoms with Crippen LogP contribution in [0, 0.1) is 12.7 Å². The highest BCUT2D eigenvalue weighted by atomic mass is 19.1. The topological polar surface area (TPSA) is 38.3 Å². The second-order valence-electron chi connectivity index (χ2n) is 4.43. The fraction of sp³-hybridized carbons (Fsp3) is 0.462. The lowest BCUT2D eigenvalue weighted by Crippen LogP contribution is -2.41. The first-order chi connectivity index (χ1) is 7.86. The molecule has 0 bridgehead atoms. The van der Waals surface area contributed by atoms with Crippen LogP contribution in [-0.2, 0) is 9.53 Å². The van der Waals surface area contributed by atoms with Crippen LogP contribution in [0.25, 0.3) is 0 Å². The molecule has 0 aliphatic carbocycles. The van der Waals surface area contributed by atoms with Gasteiger partial charge in [-0.25, -0.2) is 9.18 Å². The van der Waals surface area contributed by atoms with Crippen LogP contribution in [0.15, 0.2) is 18.2 Å². The monoisotopic (exact) mass is 239 g/mol. The van der Waals surface area contributed by atoms with Crippen molar-refractivity contribution in [1.82, 2.24) is 0 Å². The predicted octanol–water partition coefficient (Wildman–Crippen LogP) is 2.89. The van der Waals surface area contributed by atoms with E-state index in [2.05, 4.69) is 5.32 Å². The van der Waals surface area contributed by atoms with Crippen LogP contribution in [0.4, 0.5) is 10.1 Å². The van der Waals surface area contributed by atoms with E-state index in [1.165, 1.54) is 6.07 Å². The summed E-state index contributed by atoms with van der Waals surface area (Å²) in [6, 6.07) is 4.64. The van der Waals surface area contributed by atoms with Crippen LogP contribution in [0.2, 0.25) is 0 Å². The number of ether oxygens (including phenoxy) is 1. The zero-order valence-electron chi connectivity index (χ0n) is 10.6. The number of hydrogen-bond donors (Lipinski definition) is 1. The standard InChI is InChI=1S/C13H18FNO2/c1-5-17-12(16)13(3,4)15-10-6-7-11(14)9(2)8-10/h6-8,15H,5H2,1-4H3. The molecule has 0 aliphatic rings. The molecular formula is C13H18FNO2. The summed E-state index contributed by atoms with van der Waals surface area (Å²) in [7, 11) is 0. The Bertz CT molecular complexity index is 416. The molecule has 0 radical (unpaired) electrons. The molecule has 0 heterocycles. The summed E-state index contributed by atoms with van der Waals surface area (Å²) < 4.78 is 18.0. The molecule has 0 fully saturated rings. The Morgan fingerprint density at radius 1 is 1.47 bits per heavy atom. The quantitative estimate of drug-likeness (QED) is 0.821. The van der Waals surface area contributed by atoms with Crippen LogP contribution in [-0.4, -0.2) is 18.1 Å². The predicted molar refractivity (Wildman–Crippen MR) is 65.5 cm³/mol. The zero-order chi connectivity index (χ0) is 13.1. The second-order valence-corrected chi connectivity index (χ2v) is 4.43. The number of halogens is 1. The molecule has 0 atom stereocenters. The van der Waals surface area contributed by atoms with E-state index in [1.807, 2.05) is 0 Å². The molecule has 0 saturated heterocycles. The first-order valence-electron chi connectivity index (χ1n) is 5.58. The van der Waals surface area contributed by atoms with Gasteiger partial charge in [-0.2, -0.15) is 0 Å². The van der Waals surface area contributed by atoms with Crippen LogP contribution in [0.5, 0.6) is 0 Å². The van der Waals surface area contributed by atoms with Gasteiger partial charge >= 0.3 is 5.97 Å². The summed E-state index contributed by atoms with van der Waals surface area (Å²) >= 11 is 0. The van der Waals surface area contributed by atoms with Crippen molar-refractivity contribution in [3.63, 3.8) is 0 Å². The third kappa shape index (κ3) is 3.44. The summed E-state index contributed by atoms with van der Waals surface area (Å²) in [6.07, 6.45) is 0. The average Bonchev–Trinajstić information content (AvgIpc) is 2.23. The molecule has 1 aromatic rings. The van der Waals surface area contributed by atoms with Crippen LogP contribution in [0.3, 0.4) is 0 Å². The third-order valence-corrected chi connectivity index (χ3v) is 2.40. The molecule has 94 valence electrons. The Balaban J connectivity index is 2.82. The molecule has 0 amide bonds. The van der Waals surface area contributed by atoms with Gasteiger partial charge in [-0.05, 0) is 51.5 Å².